The molecule has 1 saturated heterocycles. The van der Waals surface area contributed by atoms with Gasteiger partial charge in [-0.15, -0.1) is 0 Å². The zero-order valence-corrected chi connectivity index (χ0v) is 17.5. The van der Waals surface area contributed by atoms with Crippen LogP contribution in [0.2, 0.25) is 0 Å². The van der Waals surface area contributed by atoms with E-state index < -0.39 is 5.97 Å². The van der Waals surface area contributed by atoms with E-state index in [1.54, 1.807) is 29.2 Å². The maximum Gasteiger partial charge on any atom is 0.338 e. The SMILES string of the molecule is O=C(OCC(=O)N1CC=C(c2ccccc2)CC1)c1ccc(OC[C@H]2CCCO2)cc1. The van der Waals surface area contributed by atoms with Crippen LogP contribution in [0.25, 0.3) is 5.57 Å². The molecule has 4 rings (SSSR count). The predicted molar refractivity (Wildman–Crippen MR) is 117 cm³/mol. The fourth-order valence-electron chi connectivity index (χ4n) is 3.76. The highest BCUT2D eigenvalue weighted by Crippen LogP contribution is 2.22. The van der Waals surface area contributed by atoms with Crippen molar-refractivity contribution < 1.29 is 23.8 Å². The third-order valence-electron chi connectivity index (χ3n) is 5.58. The summed E-state index contributed by atoms with van der Waals surface area (Å²) in [6.45, 7) is 2.18. The number of amides is 1. The van der Waals surface area contributed by atoms with E-state index in [4.69, 9.17) is 14.2 Å². The molecular weight excluding hydrogens is 394 g/mol. The van der Waals surface area contributed by atoms with Gasteiger partial charge < -0.3 is 19.1 Å². The van der Waals surface area contributed by atoms with E-state index in [1.165, 1.54) is 11.1 Å². The Balaban J connectivity index is 1.22. The Morgan fingerprint density at radius 3 is 2.55 bits per heavy atom. The van der Waals surface area contributed by atoms with Crippen LogP contribution >= 0.6 is 0 Å². The minimum Gasteiger partial charge on any atom is -0.491 e. The third kappa shape index (κ3) is 5.73. The van der Waals surface area contributed by atoms with Gasteiger partial charge in [0, 0.05) is 19.7 Å². The fraction of sp³-hybridized carbons (Fsp3) is 0.360. The van der Waals surface area contributed by atoms with Gasteiger partial charge in [0.1, 0.15) is 12.4 Å². The topological polar surface area (TPSA) is 65.1 Å². The summed E-state index contributed by atoms with van der Waals surface area (Å²) in [7, 11) is 0. The van der Waals surface area contributed by atoms with Crippen LogP contribution in [0.3, 0.4) is 0 Å². The molecule has 2 aliphatic heterocycles. The number of carbonyl (C=O) groups is 2. The van der Waals surface area contributed by atoms with E-state index in [0.29, 0.717) is 31.0 Å². The zero-order valence-electron chi connectivity index (χ0n) is 17.5. The molecule has 1 fully saturated rings. The number of hydrogen-bond acceptors (Lipinski definition) is 5. The first-order valence-electron chi connectivity index (χ1n) is 10.7. The summed E-state index contributed by atoms with van der Waals surface area (Å²) in [5.74, 6) is -0.0257. The van der Waals surface area contributed by atoms with Crippen molar-refractivity contribution in [2.24, 2.45) is 0 Å². The molecule has 2 aromatic carbocycles. The molecule has 0 saturated carbocycles. The molecule has 2 aromatic rings. The van der Waals surface area contributed by atoms with Gasteiger partial charge in [-0.25, -0.2) is 4.79 Å². The van der Waals surface area contributed by atoms with E-state index in [2.05, 4.69) is 18.2 Å². The first-order valence-corrected chi connectivity index (χ1v) is 10.7. The standard InChI is InChI=1S/C25H27NO5/c27-24(26-14-12-20(13-15-26)19-5-2-1-3-6-19)18-31-25(28)21-8-10-22(11-9-21)30-17-23-7-4-16-29-23/h1-3,5-6,8-12,23H,4,7,13-18H2/t23-/m1/s1. The van der Waals surface area contributed by atoms with Gasteiger partial charge in [0.25, 0.3) is 5.91 Å². The average molecular weight is 421 g/mol. The number of carbonyl (C=O) groups excluding carboxylic acids is 2. The van der Waals surface area contributed by atoms with Crippen molar-refractivity contribution in [1.29, 1.82) is 0 Å². The van der Waals surface area contributed by atoms with Gasteiger partial charge in [0.2, 0.25) is 0 Å². The van der Waals surface area contributed by atoms with Crippen LogP contribution in [0, 0.1) is 0 Å². The summed E-state index contributed by atoms with van der Waals surface area (Å²) in [6, 6.07) is 16.9. The normalized spacial score (nSPS) is 18.4. The van der Waals surface area contributed by atoms with Crippen LogP contribution in [0.5, 0.6) is 5.75 Å². The van der Waals surface area contributed by atoms with Gasteiger partial charge in [0.15, 0.2) is 6.61 Å². The Kier molecular flexibility index (Phi) is 6.99. The minimum absolute atomic E-state index is 0.143. The first-order chi connectivity index (χ1) is 15.2. The van der Waals surface area contributed by atoms with Gasteiger partial charge in [-0.2, -0.15) is 0 Å². The van der Waals surface area contributed by atoms with Crippen molar-refractivity contribution in [3.8, 4) is 5.75 Å². The Morgan fingerprint density at radius 1 is 1.06 bits per heavy atom. The lowest BCUT2D eigenvalue weighted by atomic mass is 10.00. The second-order valence-electron chi connectivity index (χ2n) is 7.73. The number of benzene rings is 2. The molecule has 0 N–H and O–H groups in total. The first kappa shape index (κ1) is 21.1. The van der Waals surface area contributed by atoms with Gasteiger partial charge in [-0.1, -0.05) is 36.4 Å². The molecule has 2 aliphatic rings. The number of nitrogens with zero attached hydrogens (tertiary/aromatic N) is 1. The summed E-state index contributed by atoms with van der Waals surface area (Å²) in [5, 5.41) is 0. The maximum absolute atomic E-state index is 12.4. The molecule has 162 valence electrons. The molecule has 0 spiro atoms. The second kappa shape index (κ2) is 10.3. The quantitative estimate of drug-likeness (QED) is 0.638. The third-order valence-corrected chi connectivity index (χ3v) is 5.58. The minimum atomic E-state index is -0.517. The van der Waals surface area contributed by atoms with E-state index in [0.717, 1.165) is 25.9 Å². The lowest BCUT2D eigenvalue weighted by Crippen LogP contribution is -2.37. The van der Waals surface area contributed by atoms with Crippen LogP contribution in [0.1, 0.15) is 35.2 Å². The Bertz CT molecular complexity index is 917. The highest BCUT2D eigenvalue weighted by Gasteiger charge is 2.20. The van der Waals surface area contributed by atoms with E-state index in [-0.39, 0.29) is 18.6 Å². The van der Waals surface area contributed by atoms with Crippen molar-refractivity contribution in [2.75, 3.05) is 32.9 Å². The highest BCUT2D eigenvalue weighted by atomic mass is 16.5. The summed E-state index contributed by atoms with van der Waals surface area (Å²) < 4.78 is 16.5. The molecule has 1 atom stereocenters. The van der Waals surface area contributed by atoms with Crippen molar-refractivity contribution in [1.82, 2.24) is 4.90 Å². The zero-order chi connectivity index (χ0) is 21.5. The summed E-state index contributed by atoms with van der Waals surface area (Å²) in [6.07, 6.45) is 5.08. The molecule has 31 heavy (non-hydrogen) atoms. The molecule has 0 aromatic heterocycles. The predicted octanol–water partition coefficient (Wildman–Crippen LogP) is 3.72. The van der Waals surface area contributed by atoms with Crippen molar-refractivity contribution in [2.45, 2.75) is 25.4 Å². The molecule has 1 amide bonds. The van der Waals surface area contributed by atoms with Gasteiger partial charge in [0.05, 0.1) is 11.7 Å². The lowest BCUT2D eigenvalue weighted by Gasteiger charge is -2.26. The van der Waals surface area contributed by atoms with Crippen LogP contribution in [0.15, 0.2) is 60.7 Å². The van der Waals surface area contributed by atoms with E-state index >= 15 is 0 Å². The fourth-order valence-corrected chi connectivity index (χ4v) is 3.76. The van der Waals surface area contributed by atoms with Crippen molar-refractivity contribution >= 4 is 17.4 Å². The number of esters is 1. The largest absolute Gasteiger partial charge is 0.491 e. The monoisotopic (exact) mass is 421 g/mol. The summed E-state index contributed by atoms with van der Waals surface area (Å²) in [4.78, 5) is 26.4. The van der Waals surface area contributed by atoms with E-state index in [9.17, 15) is 9.59 Å². The molecule has 2 heterocycles. The van der Waals surface area contributed by atoms with Crippen molar-refractivity contribution in [3.63, 3.8) is 0 Å². The lowest BCUT2D eigenvalue weighted by molar-refractivity contribution is -0.134. The molecule has 0 aliphatic carbocycles. The number of rotatable bonds is 7. The van der Waals surface area contributed by atoms with Crippen LogP contribution < -0.4 is 4.74 Å². The van der Waals surface area contributed by atoms with Crippen LogP contribution in [0.4, 0.5) is 0 Å². The highest BCUT2D eigenvalue weighted by molar-refractivity contribution is 5.91. The van der Waals surface area contributed by atoms with Crippen LogP contribution in [-0.2, 0) is 14.3 Å². The van der Waals surface area contributed by atoms with Gasteiger partial charge >= 0.3 is 5.97 Å². The smallest absolute Gasteiger partial charge is 0.338 e. The molecule has 0 unspecified atom stereocenters. The van der Waals surface area contributed by atoms with E-state index in [1.807, 2.05) is 18.2 Å². The summed E-state index contributed by atoms with van der Waals surface area (Å²) in [5.41, 5.74) is 2.81. The maximum atomic E-state index is 12.4. The van der Waals surface area contributed by atoms with Crippen molar-refractivity contribution in [3.05, 3.63) is 71.8 Å². The molecule has 6 nitrogen and oxygen atoms in total. The molecular formula is C25H27NO5. The Morgan fingerprint density at radius 2 is 1.87 bits per heavy atom. The molecule has 6 heteroatoms. The second-order valence-corrected chi connectivity index (χ2v) is 7.73. The Hall–Kier alpha value is -3.12. The van der Waals surface area contributed by atoms with Gasteiger partial charge in [-0.3, -0.25) is 4.79 Å². The molecule has 0 bridgehead atoms. The molecule has 0 radical (unpaired) electrons. The number of ether oxygens (including phenoxy) is 3. The van der Waals surface area contributed by atoms with Crippen LogP contribution in [-0.4, -0.2) is 55.8 Å². The van der Waals surface area contributed by atoms with Gasteiger partial charge in [-0.05, 0) is 54.7 Å². The summed E-state index contributed by atoms with van der Waals surface area (Å²) >= 11 is 0. The Labute approximate surface area is 182 Å². The number of hydrogen-bond donors (Lipinski definition) is 0. The average Bonchev–Trinajstić information content (AvgIpc) is 3.36.